The van der Waals surface area contributed by atoms with Gasteiger partial charge >= 0.3 is 5.97 Å². The molecule has 1 fully saturated rings. The molecule has 1 unspecified atom stereocenters. The van der Waals surface area contributed by atoms with E-state index >= 15 is 0 Å². The van der Waals surface area contributed by atoms with E-state index in [1.807, 2.05) is 0 Å². The summed E-state index contributed by atoms with van der Waals surface area (Å²) < 4.78 is 23.6. The van der Waals surface area contributed by atoms with Gasteiger partial charge in [-0.3, -0.25) is 9.59 Å². The predicted octanol–water partition coefficient (Wildman–Crippen LogP) is 2.25. The molecule has 5 nitrogen and oxygen atoms in total. The minimum Gasteiger partial charge on any atom is -0.496 e. The Labute approximate surface area is 129 Å². The Morgan fingerprint density at radius 1 is 1.41 bits per heavy atom. The van der Waals surface area contributed by atoms with Gasteiger partial charge < -0.3 is 14.4 Å². The molecule has 1 amide bonds. The SMILES string of the molecule is CCOC(=O)C1CCCN(C(=O)c2cc(F)ccc2OC)C1. The van der Waals surface area contributed by atoms with Gasteiger partial charge in [0.05, 0.1) is 25.2 Å². The van der Waals surface area contributed by atoms with Crippen molar-refractivity contribution in [3.8, 4) is 5.75 Å². The first-order valence-corrected chi connectivity index (χ1v) is 7.36. The molecule has 0 N–H and O–H groups in total. The summed E-state index contributed by atoms with van der Waals surface area (Å²) in [6, 6.07) is 3.83. The fourth-order valence-corrected chi connectivity index (χ4v) is 2.63. The van der Waals surface area contributed by atoms with Crippen molar-refractivity contribution >= 4 is 11.9 Å². The first-order chi connectivity index (χ1) is 10.6. The monoisotopic (exact) mass is 309 g/mol. The van der Waals surface area contributed by atoms with E-state index in [1.54, 1.807) is 11.8 Å². The zero-order valence-electron chi connectivity index (χ0n) is 12.8. The Bertz CT molecular complexity index is 561. The lowest BCUT2D eigenvalue weighted by molar-refractivity contribution is -0.149. The van der Waals surface area contributed by atoms with Crippen LogP contribution in [0, 0.1) is 11.7 Å². The lowest BCUT2D eigenvalue weighted by Gasteiger charge is -2.31. The molecule has 1 aromatic rings. The second-order valence-electron chi connectivity index (χ2n) is 5.19. The topological polar surface area (TPSA) is 55.8 Å². The first-order valence-electron chi connectivity index (χ1n) is 7.36. The number of rotatable bonds is 4. The van der Waals surface area contributed by atoms with Gasteiger partial charge in [-0.15, -0.1) is 0 Å². The lowest BCUT2D eigenvalue weighted by atomic mass is 9.97. The molecule has 0 spiro atoms. The number of carbonyl (C=O) groups excluding carboxylic acids is 2. The zero-order valence-corrected chi connectivity index (χ0v) is 12.8. The van der Waals surface area contributed by atoms with Crippen molar-refractivity contribution in [3.63, 3.8) is 0 Å². The third kappa shape index (κ3) is 3.55. The Morgan fingerprint density at radius 2 is 2.18 bits per heavy atom. The molecule has 22 heavy (non-hydrogen) atoms. The molecule has 0 bridgehead atoms. The average Bonchev–Trinajstić information content (AvgIpc) is 2.54. The maximum atomic E-state index is 13.4. The van der Waals surface area contributed by atoms with Crippen LogP contribution < -0.4 is 4.74 Å². The Morgan fingerprint density at radius 3 is 2.86 bits per heavy atom. The summed E-state index contributed by atoms with van der Waals surface area (Å²) in [6.07, 6.45) is 1.41. The van der Waals surface area contributed by atoms with Gasteiger partial charge in [-0.2, -0.15) is 0 Å². The van der Waals surface area contributed by atoms with Crippen LogP contribution in [0.3, 0.4) is 0 Å². The Hall–Kier alpha value is -2.11. The third-order valence-corrected chi connectivity index (χ3v) is 3.72. The highest BCUT2D eigenvalue weighted by molar-refractivity contribution is 5.97. The quantitative estimate of drug-likeness (QED) is 0.801. The zero-order chi connectivity index (χ0) is 16.1. The van der Waals surface area contributed by atoms with Gasteiger partial charge in [0.15, 0.2) is 0 Å². The summed E-state index contributed by atoms with van der Waals surface area (Å²) in [6.45, 7) is 2.90. The molecule has 0 aromatic heterocycles. The van der Waals surface area contributed by atoms with Gasteiger partial charge in [0.1, 0.15) is 11.6 Å². The molecule has 0 radical (unpaired) electrons. The highest BCUT2D eigenvalue weighted by Crippen LogP contribution is 2.25. The maximum Gasteiger partial charge on any atom is 0.310 e. The number of esters is 1. The number of halogens is 1. The summed E-state index contributed by atoms with van der Waals surface area (Å²) in [5.41, 5.74) is 0.173. The number of amides is 1. The van der Waals surface area contributed by atoms with Gasteiger partial charge in [-0.05, 0) is 38.0 Å². The summed E-state index contributed by atoms with van der Waals surface area (Å²) in [4.78, 5) is 26.0. The fraction of sp³-hybridized carbons (Fsp3) is 0.500. The second-order valence-corrected chi connectivity index (χ2v) is 5.19. The van der Waals surface area contributed by atoms with E-state index in [1.165, 1.54) is 19.2 Å². The van der Waals surface area contributed by atoms with Crippen LogP contribution in [-0.4, -0.2) is 43.6 Å². The molecule has 1 aromatic carbocycles. The predicted molar refractivity (Wildman–Crippen MR) is 78.2 cm³/mol. The number of carbonyl (C=O) groups is 2. The molecule has 1 aliphatic heterocycles. The van der Waals surface area contributed by atoms with Crippen molar-refractivity contribution in [2.45, 2.75) is 19.8 Å². The molecule has 1 atom stereocenters. The van der Waals surface area contributed by atoms with Crippen LogP contribution in [0.25, 0.3) is 0 Å². The molecule has 1 heterocycles. The average molecular weight is 309 g/mol. The number of ether oxygens (including phenoxy) is 2. The van der Waals surface area contributed by atoms with Crippen LogP contribution in [0.15, 0.2) is 18.2 Å². The number of hydrogen-bond acceptors (Lipinski definition) is 4. The number of nitrogens with zero attached hydrogens (tertiary/aromatic N) is 1. The van der Waals surface area contributed by atoms with Crippen LogP contribution in [0.1, 0.15) is 30.1 Å². The van der Waals surface area contributed by atoms with Crippen molar-refractivity contribution in [2.75, 3.05) is 26.8 Å². The number of methoxy groups -OCH3 is 1. The van der Waals surface area contributed by atoms with Crippen LogP contribution in [0.5, 0.6) is 5.75 Å². The van der Waals surface area contributed by atoms with Crippen LogP contribution in [0.4, 0.5) is 4.39 Å². The molecule has 120 valence electrons. The number of piperidine rings is 1. The minimum atomic E-state index is -0.497. The Kier molecular flexibility index (Phi) is 5.35. The van der Waals surface area contributed by atoms with E-state index in [9.17, 15) is 14.0 Å². The summed E-state index contributed by atoms with van der Waals surface area (Å²) in [5.74, 6) is -1.11. The molecule has 1 aliphatic rings. The lowest BCUT2D eigenvalue weighted by Crippen LogP contribution is -2.43. The van der Waals surface area contributed by atoms with Gasteiger partial charge in [0, 0.05) is 13.1 Å². The fourth-order valence-electron chi connectivity index (χ4n) is 2.63. The highest BCUT2D eigenvalue weighted by atomic mass is 19.1. The van der Waals surface area contributed by atoms with Crippen LogP contribution >= 0.6 is 0 Å². The largest absolute Gasteiger partial charge is 0.496 e. The van der Waals surface area contributed by atoms with E-state index in [2.05, 4.69) is 0 Å². The summed E-state index contributed by atoms with van der Waals surface area (Å²) in [7, 11) is 1.43. The molecule has 6 heteroatoms. The van der Waals surface area contributed by atoms with E-state index in [4.69, 9.17) is 9.47 Å². The summed E-state index contributed by atoms with van der Waals surface area (Å²) >= 11 is 0. The number of likely N-dealkylation sites (tertiary alicyclic amines) is 1. The van der Waals surface area contributed by atoms with E-state index in [0.717, 1.165) is 6.07 Å². The van der Waals surface area contributed by atoms with Crippen LogP contribution in [-0.2, 0) is 9.53 Å². The van der Waals surface area contributed by atoms with E-state index < -0.39 is 5.82 Å². The number of benzene rings is 1. The van der Waals surface area contributed by atoms with Gasteiger partial charge in [-0.25, -0.2) is 4.39 Å². The second kappa shape index (κ2) is 7.24. The highest BCUT2D eigenvalue weighted by Gasteiger charge is 2.30. The number of hydrogen-bond donors (Lipinski definition) is 0. The molecule has 1 saturated heterocycles. The van der Waals surface area contributed by atoms with Crippen molar-refractivity contribution in [2.24, 2.45) is 5.92 Å². The molecule has 0 saturated carbocycles. The summed E-state index contributed by atoms with van der Waals surface area (Å²) in [5, 5.41) is 0. The van der Waals surface area contributed by atoms with E-state index in [-0.39, 0.29) is 29.9 Å². The molecule has 0 aliphatic carbocycles. The smallest absolute Gasteiger partial charge is 0.310 e. The van der Waals surface area contributed by atoms with Gasteiger partial charge in [0.25, 0.3) is 5.91 Å². The maximum absolute atomic E-state index is 13.4. The minimum absolute atomic E-state index is 0.173. The van der Waals surface area contributed by atoms with Gasteiger partial charge in [-0.1, -0.05) is 0 Å². The standard InChI is InChI=1S/C16H20FNO4/c1-3-22-16(20)11-5-4-8-18(10-11)15(19)13-9-12(17)6-7-14(13)21-2/h6-7,9,11H,3-5,8,10H2,1-2H3. The van der Waals surface area contributed by atoms with Crippen molar-refractivity contribution in [1.29, 1.82) is 0 Å². The van der Waals surface area contributed by atoms with E-state index in [0.29, 0.717) is 31.7 Å². The normalized spacial score (nSPS) is 18.0. The van der Waals surface area contributed by atoms with Crippen molar-refractivity contribution in [3.05, 3.63) is 29.6 Å². The first kappa shape index (κ1) is 16.3. The van der Waals surface area contributed by atoms with Gasteiger partial charge in [0.2, 0.25) is 0 Å². The molecular formula is C16H20FNO4. The molecule has 2 rings (SSSR count). The third-order valence-electron chi connectivity index (χ3n) is 3.72. The van der Waals surface area contributed by atoms with Crippen molar-refractivity contribution in [1.82, 2.24) is 4.90 Å². The molecular weight excluding hydrogens is 289 g/mol. The van der Waals surface area contributed by atoms with Crippen LogP contribution in [0.2, 0.25) is 0 Å². The Balaban J connectivity index is 2.15. The van der Waals surface area contributed by atoms with Crippen molar-refractivity contribution < 1.29 is 23.5 Å².